The fourth-order valence-corrected chi connectivity index (χ4v) is 3.79. The van der Waals surface area contributed by atoms with Gasteiger partial charge in [0.2, 0.25) is 5.91 Å². The van der Waals surface area contributed by atoms with Crippen LogP contribution in [0.4, 0.5) is 4.39 Å². The first-order valence-corrected chi connectivity index (χ1v) is 10.1. The molecule has 1 heterocycles. The summed E-state index contributed by atoms with van der Waals surface area (Å²) >= 11 is 6.24. The Morgan fingerprint density at radius 2 is 2.07 bits per heavy atom. The number of carbonyl (C=O) groups excluding carboxylic acids is 1. The van der Waals surface area contributed by atoms with Crippen LogP contribution in [0.15, 0.2) is 23.2 Å². The van der Waals surface area contributed by atoms with Gasteiger partial charge in [0, 0.05) is 36.1 Å². The van der Waals surface area contributed by atoms with Gasteiger partial charge in [-0.1, -0.05) is 31.5 Å². The zero-order valence-corrected chi connectivity index (χ0v) is 17.7. The van der Waals surface area contributed by atoms with Crippen molar-refractivity contribution >= 4 is 23.5 Å². The molecular weight excluding hydrogens is 381 g/mol. The maximum Gasteiger partial charge on any atom is 0.231 e. The standard InChI is InChI=1S/C20H31ClFN5O/c1-4-24-19(26-15-7-9-27(10-8-15)12-18(23)28)25-13-20(2,3)16-6-5-14(22)11-17(16)21/h5-6,11,15H,4,7-10,12-13H2,1-3H3,(H2,23,28)(H2,24,25,26). The third-order valence-corrected chi connectivity index (χ3v) is 5.26. The lowest BCUT2D eigenvalue weighted by Crippen LogP contribution is -2.50. The summed E-state index contributed by atoms with van der Waals surface area (Å²) in [5.41, 5.74) is 5.80. The molecule has 8 heteroatoms. The maximum absolute atomic E-state index is 13.3. The molecule has 1 aliphatic rings. The number of halogens is 2. The molecule has 0 bridgehead atoms. The van der Waals surface area contributed by atoms with Crippen LogP contribution in [0, 0.1) is 5.82 Å². The number of rotatable bonds is 7. The normalized spacial score (nSPS) is 16.8. The van der Waals surface area contributed by atoms with Gasteiger partial charge >= 0.3 is 0 Å². The number of piperidine rings is 1. The summed E-state index contributed by atoms with van der Waals surface area (Å²) in [5.74, 6) is 0.121. The summed E-state index contributed by atoms with van der Waals surface area (Å²) in [5, 5.41) is 7.18. The zero-order chi connectivity index (χ0) is 20.7. The average molecular weight is 412 g/mol. The molecule has 6 nitrogen and oxygen atoms in total. The van der Waals surface area contributed by atoms with Crippen molar-refractivity contribution in [3.05, 3.63) is 34.6 Å². The molecule has 1 fully saturated rings. The van der Waals surface area contributed by atoms with Crippen LogP contribution >= 0.6 is 11.6 Å². The SMILES string of the molecule is CCNC(=NCC(C)(C)c1ccc(F)cc1Cl)NC1CCN(CC(N)=O)CC1. The van der Waals surface area contributed by atoms with E-state index >= 15 is 0 Å². The van der Waals surface area contributed by atoms with E-state index in [-0.39, 0.29) is 17.1 Å². The Kier molecular flexibility index (Phi) is 8.07. The topological polar surface area (TPSA) is 82.8 Å². The Morgan fingerprint density at radius 3 is 2.64 bits per heavy atom. The zero-order valence-electron chi connectivity index (χ0n) is 16.9. The molecule has 4 N–H and O–H groups in total. The summed E-state index contributed by atoms with van der Waals surface area (Å²) in [6.07, 6.45) is 1.84. The largest absolute Gasteiger partial charge is 0.369 e. The van der Waals surface area contributed by atoms with Gasteiger partial charge in [0.1, 0.15) is 5.82 Å². The van der Waals surface area contributed by atoms with E-state index in [4.69, 9.17) is 22.3 Å². The summed E-state index contributed by atoms with van der Waals surface area (Å²) in [7, 11) is 0. The predicted octanol–water partition coefficient (Wildman–Crippen LogP) is 2.26. The van der Waals surface area contributed by atoms with Crippen LogP contribution < -0.4 is 16.4 Å². The van der Waals surface area contributed by atoms with Crippen molar-refractivity contribution in [3.63, 3.8) is 0 Å². The van der Waals surface area contributed by atoms with Crippen LogP contribution in [0.3, 0.4) is 0 Å². The lowest BCUT2D eigenvalue weighted by molar-refractivity contribution is -0.119. The lowest BCUT2D eigenvalue weighted by Gasteiger charge is -2.32. The number of aliphatic imine (C=N–C) groups is 1. The number of primary amides is 1. The Morgan fingerprint density at radius 1 is 1.39 bits per heavy atom. The van der Waals surface area contributed by atoms with Crippen LogP contribution in [0.2, 0.25) is 5.02 Å². The molecule has 1 aliphatic heterocycles. The number of likely N-dealkylation sites (tertiary alicyclic amines) is 1. The lowest BCUT2D eigenvalue weighted by atomic mass is 9.84. The minimum atomic E-state index is -0.342. The molecule has 1 aromatic carbocycles. The molecule has 1 saturated heterocycles. The Bertz CT molecular complexity index is 702. The minimum Gasteiger partial charge on any atom is -0.369 e. The third kappa shape index (κ3) is 6.63. The molecule has 0 saturated carbocycles. The van der Waals surface area contributed by atoms with E-state index in [1.54, 1.807) is 6.07 Å². The van der Waals surface area contributed by atoms with Crippen LogP contribution in [0.25, 0.3) is 0 Å². The second-order valence-corrected chi connectivity index (χ2v) is 8.27. The number of nitrogens with one attached hydrogen (secondary N) is 2. The monoisotopic (exact) mass is 411 g/mol. The summed E-state index contributed by atoms with van der Waals surface area (Å²) < 4.78 is 13.3. The van der Waals surface area contributed by atoms with Gasteiger partial charge in [-0.3, -0.25) is 14.7 Å². The summed E-state index contributed by atoms with van der Waals surface area (Å²) in [4.78, 5) is 17.9. The highest BCUT2D eigenvalue weighted by Gasteiger charge is 2.25. The van der Waals surface area contributed by atoms with E-state index in [2.05, 4.69) is 15.5 Å². The smallest absolute Gasteiger partial charge is 0.231 e. The Balaban J connectivity index is 1.99. The first-order valence-electron chi connectivity index (χ1n) is 9.72. The maximum atomic E-state index is 13.3. The predicted molar refractivity (Wildman–Crippen MR) is 112 cm³/mol. The van der Waals surface area contributed by atoms with Crippen molar-refractivity contribution in [2.75, 3.05) is 32.7 Å². The molecule has 0 atom stereocenters. The van der Waals surface area contributed by atoms with Crippen LogP contribution in [-0.4, -0.2) is 55.5 Å². The fraction of sp³-hybridized carbons (Fsp3) is 0.600. The number of amides is 1. The van der Waals surface area contributed by atoms with Crippen molar-refractivity contribution in [2.24, 2.45) is 10.7 Å². The van der Waals surface area contributed by atoms with Gasteiger partial charge in [-0.25, -0.2) is 4.39 Å². The van der Waals surface area contributed by atoms with E-state index in [1.165, 1.54) is 12.1 Å². The van der Waals surface area contributed by atoms with Crippen molar-refractivity contribution in [1.29, 1.82) is 0 Å². The first kappa shape index (κ1) is 22.4. The van der Waals surface area contributed by atoms with Gasteiger partial charge in [-0.2, -0.15) is 0 Å². The Hall–Kier alpha value is -1.86. The number of benzene rings is 1. The van der Waals surface area contributed by atoms with Gasteiger partial charge in [0.05, 0.1) is 13.1 Å². The van der Waals surface area contributed by atoms with Gasteiger partial charge in [-0.05, 0) is 37.5 Å². The van der Waals surface area contributed by atoms with Crippen LogP contribution in [0.1, 0.15) is 39.2 Å². The van der Waals surface area contributed by atoms with Crippen molar-refractivity contribution in [2.45, 2.75) is 45.1 Å². The quantitative estimate of drug-likeness (QED) is 0.474. The molecule has 1 aromatic rings. The van der Waals surface area contributed by atoms with Gasteiger partial charge < -0.3 is 16.4 Å². The Labute approximate surface area is 171 Å². The number of guanidine groups is 1. The molecule has 28 heavy (non-hydrogen) atoms. The molecule has 0 radical (unpaired) electrons. The molecule has 2 rings (SSSR count). The first-order chi connectivity index (χ1) is 13.2. The van der Waals surface area contributed by atoms with E-state index < -0.39 is 0 Å². The number of carbonyl (C=O) groups is 1. The number of hydrogen-bond acceptors (Lipinski definition) is 3. The number of nitrogens with two attached hydrogens (primary N) is 1. The molecule has 0 aliphatic carbocycles. The van der Waals surface area contributed by atoms with Crippen LogP contribution in [-0.2, 0) is 10.2 Å². The summed E-state index contributed by atoms with van der Waals surface area (Å²) in [6, 6.07) is 4.78. The highest BCUT2D eigenvalue weighted by atomic mass is 35.5. The second-order valence-electron chi connectivity index (χ2n) is 7.86. The number of hydrogen-bond donors (Lipinski definition) is 3. The van der Waals surface area contributed by atoms with E-state index in [1.807, 2.05) is 20.8 Å². The molecule has 0 aromatic heterocycles. The van der Waals surface area contributed by atoms with Crippen LogP contribution in [0.5, 0.6) is 0 Å². The van der Waals surface area contributed by atoms with E-state index in [9.17, 15) is 9.18 Å². The second kappa shape index (κ2) is 10.1. The third-order valence-electron chi connectivity index (χ3n) is 4.94. The van der Waals surface area contributed by atoms with E-state index in [0.717, 1.165) is 44.0 Å². The molecule has 156 valence electrons. The summed E-state index contributed by atoms with van der Waals surface area (Å²) in [6.45, 7) is 9.34. The van der Waals surface area contributed by atoms with Gasteiger partial charge in [0.25, 0.3) is 0 Å². The average Bonchev–Trinajstić information content (AvgIpc) is 2.61. The van der Waals surface area contributed by atoms with Crippen molar-refractivity contribution < 1.29 is 9.18 Å². The van der Waals surface area contributed by atoms with Gasteiger partial charge in [-0.15, -0.1) is 0 Å². The van der Waals surface area contributed by atoms with Crippen molar-refractivity contribution in [1.82, 2.24) is 15.5 Å². The minimum absolute atomic E-state index is 0.289. The molecule has 0 unspecified atom stereocenters. The van der Waals surface area contributed by atoms with Gasteiger partial charge in [0.15, 0.2) is 5.96 Å². The molecular formula is C20H31ClFN5O. The molecule has 0 spiro atoms. The van der Waals surface area contributed by atoms with E-state index in [0.29, 0.717) is 24.2 Å². The molecule has 1 amide bonds. The van der Waals surface area contributed by atoms with Crippen molar-refractivity contribution in [3.8, 4) is 0 Å². The highest BCUT2D eigenvalue weighted by molar-refractivity contribution is 6.31. The highest BCUT2D eigenvalue weighted by Crippen LogP contribution is 2.30. The fourth-order valence-electron chi connectivity index (χ4n) is 3.37. The number of nitrogens with zero attached hydrogens (tertiary/aromatic N) is 2.